The Morgan fingerprint density at radius 1 is 1.21 bits per heavy atom. The zero-order valence-electron chi connectivity index (χ0n) is 16.1. The summed E-state index contributed by atoms with van der Waals surface area (Å²) in [4.78, 5) is 17.9. The van der Waals surface area contributed by atoms with Gasteiger partial charge in [-0.15, -0.1) is 0 Å². The first-order valence-electron chi connectivity index (χ1n) is 9.29. The van der Waals surface area contributed by atoms with Gasteiger partial charge in [-0.3, -0.25) is 9.48 Å². The van der Waals surface area contributed by atoms with E-state index < -0.39 is 0 Å². The molecule has 1 unspecified atom stereocenters. The lowest BCUT2D eigenvalue weighted by Gasteiger charge is -2.13. The van der Waals surface area contributed by atoms with Crippen LogP contribution in [0.5, 0.6) is 0 Å². The van der Waals surface area contributed by atoms with Crippen LogP contribution in [0.15, 0.2) is 54.9 Å². The highest BCUT2D eigenvalue weighted by atomic mass is 16.1. The molecule has 0 bridgehead atoms. The Balaban J connectivity index is 1.76. The van der Waals surface area contributed by atoms with Gasteiger partial charge in [-0.2, -0.15) is 10.2 Å². The minimum absolute atomic E-state index is 0.168. The van der Waals surface area contributed by atoms with Gasteiger partial charge < -0.3 is 5.32 Å². The van der Waals surface area contributed by atoms with Crippen LogP contribution in [0.2, 0.25) is 0 Å². The number of carbonyl (C=O) groups is 1. The number of nitrogens with zero attached hydrogens (tertiary/aromatic N) is 5. The smallest absolute Gasteiger partial charge is 0.252 e. The molecule has 0 aliphatic heterocycles. The van der Waals surface area contributed by atoms with Crippen LogP contribution in [0.4, 0.5) is 0 Å². The summed E-state index contributed by atoms with van der Waals surface area (Å²) in [7, 11) is 1.86. The molecule has 0 spiro atoms. The van der Waals surface area contributed by atoms with E-state index in [0.29, 0.717) is 17.8 Å². The normalized spacial score (nSPS) is 12.2. The van der Waals surface area contributed by atoms with Gasteiger partial charge in [0.05, 0.1) is 34.6 Å². The first kappa shape index (κ1) is 17.9. The van der Waals surface area contributed by atoms with Crippen molar-refractivity contribution < 1.29 is 4.79 Å². The van der Waals surface area contributed by atoms with Crippen molar-refractivity contribution in [3.63, 3.8) is 0 Å². The van der Waals surface area contributed by atoms with Crippen molar-refractivity contribution in [3.8, 4) is 11.3 Å². The number of carbonyl (C=O) groups excluding carboxylic acids is 1. The summed E-state index contributed by atoms with van der Waals surface area (Å²) in [5, 5.41) is 12.6. The molecular weight excluding hydrogens is 352 g/mol. The number of hydrogen-bond donors (Lipinski definition) is 1. The monoisotopic (exact) mass is 374 g/mol. The quantitative estimate of drug-likeness (QED) is 0.581. The van der Waals surface area contributed by atoms with E-state index in [9.17, 15) is 4.79 Å². The Kier molecular flexibility index (Phi) is 4.65. The molecular formula is C21H22N6O. The SMILES string of the molecule is CCn1ncc2c(C(=O)NC(C)c3ccn(C)n3)cc(-c3ccccc3)nc21. The van der Waals surface area contributed by atoms with Gasteiger partial charge in [0.15, 0.2) is 5.65 Å². The van der Waals surface area contributed by atoms with E-state index in [1.54, 1.807) is 15.6 Å². The van der Waals surface area contributed by atoms with Crippen molar-refractivity contribution in [1.82, 2.24) is 29.9 Å². The van der Waals surface area contributed by atoms with Crippen molar-refractivity contribution in [2.45, 2.75) is 26.4 Å². The number of hydrogen-bond acceptors (Lipinski definition) is 4. The average molecular weight is 374 g/mol. The first-order chi connectivity index (χ1) is 13.6. The largest absolute Gasteiger partial charge is 0.344 e. The van der Waals surface area contributed by atoms with Crippen molar-refractivity contribution in [1.29, 1.82) is 0 Å². The molecule has 0 saturated heterocycles. The maximum absolute atomic E-state index is 13.1. The number of nitrogens with one attached hydrogen (secondary N) is 1. The number of amides is 1. The number of pyridine rings is 1. The van der Waals surface area contributed by atoms with E-state index in [4.69, 9.17) is 4.98 Å². The maximum Gasteiger partial charge on any atom is 0.252 e. The Morgan fingerprint density at radius 3 is 2.68 bits per heavy atom. The number of fused-ring (bicyclic) bond motifs is 1. The van der Waals surface area contributed by atoms with Crippen LogP contribution in [0.3, 0.4) is 0 Å². The number of rotatable bonds is 5. The van der Waals surface area contributed by atoms with Gasteiger partial charge in [0.1, 0.15) is 0 Å². The topological polar surface area (TPSA) is 77.6 Å². The van der Waals surface area contributed by atoms with E-state index >= 15 is 0 Å². The third-order valence-electron chi connectivity index (χ3n) is 4.75. The second-order valence-corrected chi connectivity index (χ2v) is 6.73. The van der Waals surface area contributed by atoms with E-state index in [0.717, 1.165) is 22.3 Å². The Morgan fingerprint density at radius 2 is 2.00 bits per heavy atom. The first-order valence-corrected chi connectivity index (χ1v) is 9.29. The highest BCUT2D eigenvalue weighted by Crippen LogP contribution is 2.25. The molecule has 142 valence electrons. The number of aromatic nitrogens is 5. The minimum Gasteiger partial charge on any atom is -0.344 e. The molecule has 0 fully saturated rings. The third-order valence-corrected chi connectivity index (χ3v) is 4.75. The Labute approximate surface area is 163 Å². The zero-order valence-corrected chi connectivity index (χ0v) is 16.1. The van der Waals surface area contributed by atoms with Gasteiger partial charge in [0.25, 0.3) is 5.91 Å². The van der Waals surface area contributed by atoms with Crippen molar-refractivity contribution in [2.24, 2.45) is 7.05 Å². The lowest BCUT2D eigenvalue weighted by molar-refractivity contribution is 0.0940. The van der Waals surface area contributed by atoms with Crippen LogP contribution < -0.4 is 5.32 Å². The molecule has 0 aliphatic rings. The van der Waals surface area contributed by atoms with Crippen molar-refractivity contribution >= 4 is 16.9 Å². The van der Waals surface area contributed by atoms with Crippen LogP contribution in [0.1, 0.15) is 35.9 Å². The lowest BCUT2D eigenvalue weighted by atomic mass is 10.1. The van der Waals surface area contributed by atoms with E-state index in [1.165, 1.54) is 0 Å². The highest BCUT2D eigenvalue weighted by molar-refractivity contribution is 6.06. The van der Waals surface area contributed by atoms with Crippen molar-refractivity contribution in [2.75, 3.05) is 0 Å². The fourth-order valence-corrected chi connectivity index (χ4v) is 3.24. The summed E-state index contributed by atoms with van der Waals surface area (Å²) in [6, 6.07) is 13.4. The summed E-state index contributed by atoms with van der Waals surface area (Å²) >= 11 is 0. The van der Waals surface area contributed by atoms with Gasteiger partial charge in [-0.25, -0.2) is 9.67 Å². The van der Waals surface area contributed by atoms with Crippen LogP contribution in [0, 0.1) is 0 Å². The molecule has 3 heterocycles. The van der Waals surface area contributed by atoms with E-state index in [-0.39, 0.29) is 11.9 Å². The molecule has 7 heteroatoms. The molecule has 0 saturated carbocycles. The van der Waals surface area contributed by atoms with Crippen LogP contribution >= 0.6 is 0 Å². The molecule has 4 aromatic rings. The second kappa shape index (κ2) is 7.26. The van der Waals surface area contributed by atoms with E-state index in [2.05, 4.69) is 15.5 Å². The molecule has 1 N–H and O–H groups in total. The molecule has 1 amide bonds. The van der Waals surface area contributed by atoms with Gasteiger partial charge >= 0.3 is 0 Å². The van der Waals surface area contributed by atoms with Gasteiger partial charge in [-0.1, -0.05) is 30.3 Å². The summed E-state index contributed by atoms with van der Waals surface area (Å²) in [5.74, 6) is -0.168. The fourth-order valence-electron chi connectivity index (χ4n) is 3.24. The molecule has 0 radical (unpaired) electrons. The minimum atomic E-state index is -0.210. The van der Waals surface area contributed by atoms with Crippen LogP contribution in [-0.2, 0) is 13.6 Å². The predicted molar refractivity (Wildman–Crippen MR) is 108 cm³/mol. The molecule has 1 aromatic carbocycles. The van der Waals surface area contributed by atoms with Gasteiger partial charge in [-0.05, 0) is 26.0 Å². The molecule has 4 rings (SSSR count). The fraction of sp³-hybridized carbons (Fsp3) is 0.238. The molecule has 7 nitrogen and oxygen atoms in total. The summed E-state index contributed by atoms with van der Waals surface area (Å²) in [6.07, 6.45) is 3.57. The predicted octanol–water partition coefficient (Wildman–Crippen LogP) is 3.34. The molecule has 28 heavy (non-hydrogen) atoms. The number of benzene rings is 1. The van der Waals surface area contributed by atoms with Gasteiger partial charge in [0, 0.05) is 25.4 Å². The summed E-state index contributed by atoms with van der Waals surface area (Å²) in [5.41, 5.74) is 3.79. The van der Waals surface area contributed by atoms with Crippen molar-refractivity contribution in [3.05, 3.63) is 66.1 Å². The van der Waals surface area contributed by atoms with Gasteiger partial charge in [0.2, 0.25) is 0 Å². The Hall–Kier alpha value is -3.48. The summed E-state index contributed by atoms with van der Waals surface area (Å²) < 4.78 is 3.53. The second-order valence-electron chi connectivity index (χ2n) is 6.73. The van der Waals surface area contributed by atoms with Crippen LogP contribution in [0.25, 0.3) is 22.3 Å². The van der Waals surface area contributed by atoms with Crippen LogP contribution in [-0.4, -0.2) is 30.5 Å². The highest BCUT2D eigenvalue weighted by Gasteiger charge is 2.19. The zero-order chi connectivity index (χ0) is 19.7. The molecule has 0 aliphatic carbocycles. The molecule has 1 atom stereocenters. The standard InChI is InChI=1S/C21H22N6O/c1-4-27-20-17(13-22-27)16(12-19(24-20)15-8-6-5-7-9-15)21(28)23-14(2)18-10-11-26(3)25-18/h5-14H,4H2,1-3H3,(H,23,28). The lowest BCUT2D eigenvalue weighted by Crippen LogP contribution is -2.27. The average Bonchev–Trinajstić information content (AvgIpc) is 3.33. The number of aryl methyl sites for hydroxylation is 2. The molecule has 3 aromatic heterocycles. The van der Waals surface area contributed by atoms with E-state index in [1.807, 2.05) is 69.6 Å². The maximum atomic E-state index is 13.1. The summed E-state index contributed by atoms with van der Waals surface area (Å²) in [6.45, 7) is 4.61. The third kappa shape index (κ3) is 3.26. The Bertz CT molecular complexity index is 1130.